The van der Waals surface area contributed by atoms with E-state index in [2.05, 4.69) is 11.8 Å². The largest absolute Gasteiger partial charge is 0.295 e. The van der Waals surface area contributed by atoms with Crippen molar-refractivity contribution in [2.45, 2.75) is 18.7 Å². The molecule has 0 aliphatic heterocycles. The highest BCUT2D eigenvalue weighted by Gasteiger charge is 1.99. The van der Waals surface area contributed by atoms with Crippen LogP contribution >= 0.6 is 11.8 Å². The molecule has 72 valence electrons. The zero-order chi connectivity index (χ0) is 10.4. The fourth-order valence-corrected chi connectivity index (χ4v) is 1.76. The third kappa shape index (κ3) is 3.27. The first-order valence-corrected chi connectivity index (χ1v) is 5.36. The maximum Gasteiger partial charge on any atom is 0.159 e. The molecular weight excluding hydrogens is 192 g/mol. The van der Waals surface area contributed by atoms with Gasteiger partial charge in [0.1, 0.15) is 0 Å². The Hall–Kier alpha value is -1.20. The van der Waals surface area contributed by atoms with Crippen molar-refractivity contribution >= 4 is 17.5 Å². The Bertz CT molecular complexity index is 385. The predicted molar refractivity (Wildman–Crippen MR) is 60.6 cm³/mol. The fourth-order valence-electron chi connectivity index (χ4n) is 0.996. The first kappa shape index (κ1) is 10.9. The van der Waals surface area contributed by atoms with E-state index in [-0.39, 0.29) is 5.78 Å². The molecule has 14 heavy (non-hydrogen) atoms. The van der Waals surface area contributed by atoms with Gasteiger partial charge < -0.3 is 0 Å². The van der Waals surface area contributed by atoms with Gasteiger partial charge in [0.2, 0.25) is 0 Å². The summed E-state index contributed by atoms with van der Waals surface area (Å²) in [6.07, 6.45) is 0. The van der Waals surface area contributed by atoms with Gasteiger partial charge in [0.25, 0.3) is 0 Å². The number of benzene rings is 1. The van der Waals surface area contributed by atoms with E-state index in [4.69, 9.17) is 0 Å². The van der Waals surface area contributed by atoms with Crippen LogP contribution in [0.2, 0.25) is 0 Å². The molecule has 0 atom stereocenters. The third-order valence-corrected chi connectivity index (χ3v) is 2.60. The lowest BCUT2D eigenvalue weighted by molar-refractivity contribution is 0.101. The second-order valence-corrected chi connectivity index (χ2v) is 3.85. The first-order valence-electron chi connectivity index (χ1n) is 4.37. The Morgan fingerprint density at radius 2 is 2.29 bits per heavy atom. The van der Waals surface area contributed by atoms with Crippen LogP contribution in [0, 0.1) is 11.8 Å². The van der Waals surface area contributed by atoms with Gasteiger partial charge in [0, 0.05) is 10.5 Å². The minimum absolute atomic E-state index is 0.106. The molecule has 0 amide bonds. The zero-order valence-electron chi connectivity index (χ0n) is 8.33. The summed E-state index contributed by atoms with van der Waals surface area (Å²) >= 11 is 1.65. The molecule has 0 unspecified atom stereocenters. The minimum Gasteiger partial charge on any atom is -0.295 e. The van der Waals surface area contributed by atoms with Crippen LogP contribution in [0.15, 0.2) is 29.2 Å². The van der Waals surface area contributed by atoms with Crippen molar-refractivity contribution in [3.8, 4) is 11.8 Å². The number of rotatable bonds is 3. The molecule has 0 aliphatic carbocycles. The van der Waals surface area contributed by atoms with Crippen molar-refractivity contribution in [3.63, 3.8) is 0 Å². The highest BCUT2D eigenvalue weighted by Crippen LogP contribution is 2.18. The van der Waals surface area contributed by atoms with E-state index < -0.39 is 0 Å². The number of carbonyl (C=O) groups excluding carboxylic acids is 1. The molecule has 0 saturated heterocycles. The van der Waals surface area contributed by atoms with Crippen LogP contribution in [-0.2, 0) is 0 Å². The lowest BCUT2D eigenvalue weighted by atomic mass is 10.2. The standard InChI is InChI=1S/C12H12OS/c1-3-4-8-14-12-7-5-6-11(9-12)10(2)13/h5-7,9H,8H2,1-2H3. The molecule has 0 bridgehead atoms. The fraction of sp³-hybridized carbons (Fsp3) is 0.250. The quantitative estimate of drug-likeness (QED) is 0.428. The first-order chi connectivity index (χ1) is 6.74. The number of hydrogen-bond donors (Lipinski definition) is 0. The van der Waals surface area contributed by atoms with Crippen LogP contribution in [0.3, 0.4) is 0 Å². The maximum absolute atomic E-state index is 11.1. The Morgan fingerprint density at radius 1 is 1.50 bits per heavy atom. The zero-order valence-corrected chi connectivity index (χ0v) is 9.15. The summed E-state index contributed by atoms with van der Waals surface area (Å²) in [5.41, 5.74) is 0.763. The van der Waals surface area contributed by atoms with Crippen molar-refractivity contribution in [3.05, 3.63) is 29.8 Å². The van der Waals surface area contributed by atoms with Crippen LogP contribution in [0.4, 0.5) is 0 Å². The number of carbonyl (C=O) groups is 1. The van der Waals surface area contributed by atoms with Crippen molar-refractivity contribution in [1.82, 2.24) is 0 Å². The predicted octanol–water partition coefficient (Wildman–Crippen LogP) is 3.00. The van der Waals surface area contributed by atoms with E-state index in [1.54, 1.807) is 18.7 Å². The van der Waals surface area contributed by atoms with Gasteiger partial charge in [-0.25, -0.2) is 0 Å². The molecule has 1 aromatic carbocycles. The van der Waals surface area contributed by atoms with Crippen molar-refractivity contribution in [2.75, 3.05) is 5.75 Å². The monoisotopic (exact) mass is 204 g/mol. The number of ketones is 1. The van der Waals surface area contributed by atoms with Gasteiger partial charge in [-0.15, -0.1) is 17.7 Å². The van der Waals surface area contributed by atoms with E-state index in [0.717, 1.165) is 16.2 Å². The number of thioether (sulfide) groups is 1. The van der Waals surface area contributed by atoms with Crippen molar-refractivity contribution < 1.29 is 4.79 Å². The van der Waals surface area contributed by atoms with Gasteiger partial charge in [-0.1, -0.05) is 18.1 Å². The molecule has 1 aromatic rings. The summed E-state index contributed by atoms with van der Waals surface area (Å²) in [4.78, 5) is 12.2. The lowest BCUT2D eigenvalue weighted by Gasteiger charge is -1.99. The summed E-state index contributed by atoms with van der Waals surface area (Å²) < 4.78 is 0. The highest BCUT2D eigenvalue weighted by atomic mass is 32.2. The number of hydrogen-bond acceptors (Lipinski definition) is 2. The molecule has 0 aromatic heterocycles. The highest BCUT2D eigenvalue weighted by molar-refractivity contribution is 7.99. The van der Waals surface area contributed by atoms with Crippen LogP contribution in [0.25, 0.3) is 0 Å². The summed E-state index contributed by atoms with van der Waals surface area (Å²) in [5.74, 6) is 6.69. The summed E-state index contributed by atoms with van der Waals surface area (Å²) in [5, 5.41) is 0. The van der Waals surface area contributed by atoms with Gasteiger partial charge in [0.05, 0.1) is 5.75 Å². The lowest BCUT2D eigenvalue weighted by Crippen LogP contribution is -1.91. The van der Waals surface area contributed by atoms with E-state index in [9.17, 15) is 4.79 Å². The molecular formula is C12H12OS. The van der Waals surface area contributed by atoms with Crippen LogP contribution < -0.4 is 0 Å². The van der Waals surface area contributed by atoms with E-state index in [1.807, 2.05) is 31.2 Å². The molecule has 0 N–H and O–H groups in total. The van der Waals surface area contributed by atoms with E-state index in [0.29, 0.717) is 0 Å². The minimum atomic E-state index is 0.106. The summed E-state index contributed by atoms with van der Waals surface area (Å²) in [6.45, 7) is 3.40. The van der Waals surface area contributed by atoms with Gasteiger partial charge in [-0.2, -0.15) is 0 Å². The SMILES string of the molecule is CC#CCSc1cccc(C(C)=O)c1. The smallest absolute Gasteiger partial charge is 0.159 e. The molecule has 0 spiro atoms. The van der Waals surface area contributed by atoms with Crippen molar-refractivity contribution in [2.24, 2.45) is 0 Å². The normalized spacial score (nSPS) is 9.00. The van der Waals surface area contributed by atoms with Crippen LogP contribution in [0.5, 0.6) is 0 Å². The Balaban J connectivity index is 2.71. The summed E-state index contributed by atoms with van der Waals surface area (Å²) in [6, 6.07) is 7.63. The van der Waals surface area contributed by atoms with Crippen molar-refractivity contribution in [1.29, 1.82) is 0 Å². The second kappa shape index (κ2) is 5.51. The molecule has 0 saturated carbocycles. The third-order valence-electron chi connectivity index (χ3n) is 1.73. The molecule has 0 radical (unpaired) electrons. The Kier molecular flexibility index (Phi) is 4.28. The molecule has 1 rings (SSSR count). The molecule has 0 heterocycles. The maximum atomic E-state index is 11.1. The molecule has 1 nitrogen and oxygen atoms in total. The number of Topliss-reactive ketones (excluding diaryl/α,β-unsaturated/α-hetero) is 1. The Labute approximate surface area is 88.9 Å². The van der Waals surface area contributed by atoms with Crippen LogP contribution in [0.1, 0.15) is 24.2 Å². The molecule has 2 heteroatoms. The molecule has 0 aliphatic rings. The van der Waals surface area contributed by atoms with Gasteiger partial charge in [-0.3, -0.25) is 4.79 Å². The average molecular weight is 204 g/mol. The van der Waals surface area contributed by atoms with Gasteiger partial charge in [-0.05, 0) is 26.0 Å². The summed E-state index contributed by atoms with van der Waals surface area (Å²) in [7, 11) is 0. The van der Waals surface area contributed by atoms with Gasteiger partial charge >= 0.3 is 0 Å². The van der Waals surface area contributed by atoms with E-state index in [1.165, 1.54) is 0 Å². The Morgan fingerprint density at radius 3 is 2.93 bits per heavy atom. The van der Waals surface area contributed by atoms with Crippen LogP contribution in [-0.4, -0.2) is 11.5 Å². The second-order valence-electron chi connectivity index (χ2n) is 2.80. The topological polar surface area (TPSA) is 17.1 Å². The van der Waals surface area contributed by atoms with Gasteiger partial charge in [0.15, 0.2) is 5.78 Å². The average Bonchev–Trinajstić information content (AvgIpc) is 2.19. The van der Waals surface area contributed by atoms with E-state index >= 15 is 0 Å². The molecule has 0 fully saturated rings.